The zero-order chi connectivity index (χ0) is 9.38. The fraction of sp³-hybridized carbons (Fsp3) is 0. The molecule has 0 unspecified atom stereocenters. The van der Waals surface area contributed by atoms with Gasteiger partial charge in [-0.1, -0.05) is 12.1 Å². The summed E-state index contributed by atoms with van der Waals surface area (Å²) in [5, 5.41) is 1.14. The molecule has 2 nitrogen and oxygen atoms in total. The molecular formula is C12H9NO. The topological polar surface area (TPSA) is 28.9 Å². The number of rotatable bonds is 1. The van der Waals surface area contributed by atoms with Gasteiger partial charge in [0, 0.05) is 22.8 Å². The Hall–Kier alpha value is -1.96. The fourth-order valence-electron chi connectivity index (χ4n) is 1.70. The first-order chi connectivity index (χ1) is 6.95. The van der Waals surface area contributed by atoms with Crippen molar-refractivity contribution in [1.29, 1.82) is 0 Å². The maximum absolute atomic E-state index is 5.45. The maximum Gasteiger partial charge on any atom is 0.143 e. The maximum atomic E-state index is 5.45. The Balaban J connectivity index is 2.36. The summed E-state index contributed by atoms with van der Waals surface area (Å²) in [5.74, 6) is 0. The Labute approximate surface area is 81.2 Å². The average Bonchev–Trinajstić information content (AvgIpc) is 2.88. The second-order valence-corrected chi connectivity index (χ2v) is 3.23. The Bertz CT molecular complexity index is 548. The van der Waals surface area contributed by atoms with Crippen molar-refractivity contribution >= 4 is 11.0 Å². The van der Waals surface area contributed by atoms with Gasteiger partial charge in [-0.2, -0.15) is 0 Å². The summed E-state index contributed by atoms with van der Waals surface area (Å²) < 4.78 is 5.45. The fourth-order valence-corrected chi connectivity index (χ4v) is 1.70. The summed E-state index contributed by atoms with van der Waals surface area (Å²) in [6.07, 6.45) is 3.63. The first-order valence-electron chi connectivity index (χ1n) is 4.55. The van der Waals surface area contributed by atoms with Crippen LogP contribution in [-0.4, -0.2) is 4.98 Å². The van der Waals surface area contributed by atoms with E-state index in [0.29, 0.717) is 0 Å². The second-order valence-electron chi connectivity index (χ2n) is 3.23. The van der Waals surface area contributed by atoms with Crippen LogP contribution in [0.3, 0.4) is 0 Å². The summed E-state index contributed by atoms with van der Waals surface area (Å²) in [6, 6.07) is 12.1. The van der Waals surface area contributed by atoms with Crippen molar-refractivity contribution < 1.29 is 4.42 Å². The van der Waals surface area contributed by atoms with Crippen molar-refractivity contribution in [2.24, 2.45) is 0 Å². The summed E-state index contributed by atoms with van der Waals surface area (Å²) in [4.78, 5) is 3.18. The number of aromatic amines is 1. The zero-order valence-electron chi connectivity index (χ0n) is 7.53. The Morgan fingerprint density at radius 3 is 2.86 bits per heavy atom. The number of para-hydroxylation sites is 1. The molecule has 0 aliphatic heterocycles. The highest BCUT2D eigenvalue weighted by Gasteiger charge is 2.05. The van der Waals surface area contributed by atoms with Gasteiger partial charge < -0.3 is 9.40 Å². The molecule has 2 heteroatoms. The average molecular weight is 183 g/mol. The summed E-state index contributed by atoms with van der Waals surface area (Å²) in [6.45, 7) is 0. The Kier molecular flexibility index (Phi) is 1.47. The molecular weight excluding hydrogens is 174 g/mol. The zero-order valence-corrected chi connectivity index (χ0v) is 7.53. The van der Waals surface area contributed by atoms with Gasteiger partial charge in [0.15, 0.2) is 0 Å². The number of hydrogen-bond acceptors (Lipinski definition) is 1. The number of hydrogen-bond donors (Lipinski definition) is 1. The predicted molar refractivity (Wildman–Crippen MR) is 56.0 cm³/mol. The van der Waals surface area contributed by atoms with Crippen molar-refractivity contribution in [3.05, 3.63) is 48.9 Å². The van der Waals surface area contributed by atoms with Crippen LogP contribution < -0.4 is 0 Å². The molecule has 1 aromatic carbocycles. The highest BCUT2D eigenvalue weighted by atomic mass is 16.3. The molecule has 0 aliphatic carbocycles. The van der Waals surface area contributed by atoms with Crippen LogP contribution in [0.1, 0.15) is 0 Å². The third-order valence-electron chi connectivity index (χ3n) is 2.37. The minimum Gasteiger partial charge on any atom is -0.464 e. The molecule has 1 N–H and O–H groups in total. The number of fused-ring (bicyclic) bond motifs is 1. The van der Waals surface area contributed by atoms with Crippen molar-refractivity contribution in [3.8, 4) is 11.3 Å². The molecule has 0 atom stereocenters. The van der Waals surface area contributed by atoms with E-state index in [-0.39, 0.29) is 0 Å². The molecule has 2 heterocycles. The molecule has 68 valence electrons. The van der Waals surface area contributed by atoms with Gasteiger partial charge in [0.25, 0.3) is 0 Å². The van der Waals surface area contributed by atoms with E-state index in [0.717, 1.165) is 22.2 Å². The second kappa shape index (κ2) is 2.77. The van der Waals surface area contributed by atoms with E-state index in [1.54, 1.807) is 6.26 Å². The Morgan fingerprint density at radius 2 is 2.00 bits per heavy atom. The molecule has 3 aromatic rings. The summed E-state index contributed by atoms with van der Waals surface area (Å²) in [5.41, 5.74) is 3.14. The summed E-state index contributed by atoms with van der Waals surface area (Å²) in [7, 11) is 0. The number of furan rings is 1. The molecule has 0 spiro atoms. The molecule has 3 rings (SSSR count). The Morgan fingerprint density at radius 1 is 1.00 bits per heavy atom. The molecule has 0 radical (unpaired) electrons. The normalized spacial score (nSPS) is 10.9. The lowest BCUT2D eigenvalue weighted by Gasteiger charge is -1.98. The SMILES string of the molecule is c1c[nH]c(-c2cccc3ccoc23)c1. The van der Waals surface area contributed by atoms with Gasteiger partial charge in [0.1, 0.15) is 5.58 Å². The van der Waals surface area contributed by atoms with Crippen molar-refractivity contribution in [2.45, 2.75) is 0 Å². The molecule has 14 heavy (non-hydrogen) atoms. The van der Waals surface area contributed by atoms with Gasteiger partial charge in [-0.25, -0.2) is 0 Å². The van der Waals surface area contributed by atoms with E-state index in [4.69, 9.17) is 4.42 Å². The minimum atomic E-state index is 0.940. The number of benzene rings is 1. The third kappa shape index (κ3) is 0.973. The van der Waals surface area contributed by atoms with Crippen molar-refractivity contribution in [2.75, 3.05) is 0 Å². The first kappa shape index (κ1) is 7.44. The number of H-pyrrole nitrogens is 1. The van der Waals surface area contributed by atoms with E-state index in [2.05, 4.69) is 11.1 Å². The standard InChI is InChI=1S/C12H9NO/c1-3-9-6-8-14-12(9)10(4-1)11-5-2-7-13-11/h1-8,13H. The molecule has 0 bridgehead atoms. The predicted octanol–water partition coefficient (Wildman–Crippen LogP) is 3.43. The lowest BCUT2D eigenvalue weighted by Crippen LogP contribution is -1.76. The largest absolute Gasteiger partial charge is 0.464 e. The van der Waals surface area contributed by atoms with Gasteiger partial charge in [-0.15, -0.1) is 0 Å². The van der Waals surface area contributed by atoms with Gasteiger partial charge in [0.2, 0.25) is 0 Å². The van der Waals surface area contributed by atoms with Crippen LogP contribution in [0.25, 0.3) is 22.2 Å². The molecule has 0 fully saturated rings. The van der Waals surface area contributed by atoms with E-state index in [1.165, 1.54) is 0 Å². The molecule has 0 amide bonds. The monoisotopic (exact) mass is 183 g/mol. The first-order valence-corrected chi connectivity index (χ1v) is 4.55. The van der Waals surface area contributed by atoms with Crippen LogP contribution in [0.2, 0.25) is 0 Å². The molecule has 2 aromatic heterocycles. The van der Waals surface area contributed by atoms with E-state index in [9.17, 15) is 0 Å². The van der Waals surface area contributed by atoms with Crippen molar-refractivity contribution in [3.63, 3.8) is 0 Å². The minimum absolute atomic E-state index is 0.940. The van der Waals surface area contributed by atoms with Crippen LogP contribution >= 0.6 is 0 Å². The van der Waals surface area contributed by atoms with Gasteiger partial charge in [-0.3, -0.25) is 0 Å². The van der Waals surface area contributed by atoms with Crippen molar-refractivity contribution in [1.82, 2.24) is 4.98 Å². The van der Waals surface area contributed by atoms with E-state index >= 15 is 0 Å². The van der Waals surface area contributed by atoms with Gasteiger partial charge in [0.05, 0.1) is 6.26 Å². The van der Waals surface area contributed by atoms with Crippen LogP contribution in [0.15, 0.2) is 53.3 Å². The van der Waals surface area contributed by atoms with Crippen LogP contribution in [-0.2, 0) is 0 Å². The third-order valence-corrected chi connectivity index (χ3v) is 2.37. The lowest BCUT2D eigenvalue weighted by atomic mass is 10.1. The highest BCUT2D eigenvalue weighted by Crippen LogP contribution is 2.27. The lowest BCUT2D eigenvalue weighted by molar-refractivity contribution is 0.616. The van der Waals surface area contributed by atoms with Crippen LogP contribution in [0, 0.1) is 0 Å². The van der Waals surface area contributed by atoms with E-state index in [1.807, 2.05) is 36.5 Å². The molecule has 0 saturated heterocycles. The summed E-state index contributed by atoms with van der Waals surface area (Å²) >= 11 is 0. The number of nitrogens with one attached hydrogen (secondary N) is 1. The quantitative estimate of drug-likeness (QED) is 0.615. The van der Waals surface area contributed by atoms with Gasteiger partial charge >= 0.3 is 0 Å². The van der Waals surface area contributed by atoms with Crippen LogP contribution in [0.4, 0.5) is 0 Å². The number of aromatic nitrogens is 1. The van der Waals surface area contributed by atoms with E-state index < -0.39 is 0 Å². The molecule has 0 saturated carbocycles. The molecule has 0 aliphatic rings. The smallest absolute Gasteiger partial charge is 0.143 e. The van der Waals surface area contributed by atoms with Crippen LogP contribution in [0.5, 0.6) is 0 Å². The highest BCUT2D eigenvalue weighted by molar-refractivity contribution is 5.91. The van der Waals surface area contributed by atoms with Gasteiger partial charge in [-0.05, 0) is 24.3 Å².